The van der Waals surface area contributed by atoms with E-state index < -0.39 is 0 Å². The lowest BCUT2D eigenvalue weighted by Gasteiger charge is -2.05. The van der Waals surface area contributed by atoms with E-state index in [4.69, 9.17) is 5.11 Å². The molecular formula is C12H15N5O2. The largest absolute Gasteiger partial charge is 0.396 e. The van der Waals surface area contributed by atoms with E-state index in [2.05, 4.69) is 20.6 Å². The molecule has 0 atom stereocenters. The zero-order chi connectivity index (χ0) is 13.7. The van der Waals surface area contributed by atoms with E-state index in [-0.39, 0.29) is 19.1 Å². The second-order valence-electron chi connectivity index (χ2n) is 4.02. The van der Waals surface area contributed by atoms with Gasteiger partial charge >= 0.3 is 0 Å². The molecule has 0 saturated carbocycles. The molecule has 0 fully saturated rings. The van der Waals surface area contributed by atoms with Gasteiger partial charge in [0, 0.05) is 19.2 Å². The lowest BCUT2D eigenvalue weighted by Crippen LogP contribution is -2.20. The highest BCUT2D eigenvalue weighted by Gasteiger charge is 2.11. The number of pyridine rings is 1. The number of hydrogen-bond acceptors (Lipinski definition) is 5. The first kappa shape index (κ1) is 13.2. The molecule has 0 bridgehead atoms. The van der Waals surface area contributed by atoms with E-state index in [1.807, 2.05) is 6.92 Å². The van der Waals surface area contributed by atoms with Crippen LogP contribution in [0.25, 0.3) is 0 Å². The number of carbonyl (C=O) groups excluding carboxylic acids is 1. The minimum atomic E-state index is -0.220. The average Bonchev–Trinajstić information content (AvgIpc) is 2.73. The number of aliphatic hydroxyl groups excluding tert-OH is 1. The number of nitrogens with zero attached hydrogens (tertiary/aromatic N) is 4. The highest BCUT2D eigenvalue weighted by Crippen LogP contribution is 2.05. The van der Waals surface area contributed by atoms with Gasteiger partial charge in [0.2, 0.25) is 5.91 Å². The van der Waals surface area contributed by atoms with Gasteiger partial charge in [-0.1, -0.05) is 11.3 Å². The Morgan fingerprint density at radius 1 is 1.47 bits per heavy atom. The molecule has 1 amide bonds. The van der Waals surface area contributed by atoms with Crippen LogP contribution in [-0.4, -0.2) is 37.6 Å². The van der Waals surface area contributed by atoms with Crippen LogP contribution >= 0.6 is 0 Å². The molecule has 0 aliphatic rings. The van der Waals surface area contributed by atoms with Crippen LogP contribution in [0.1, 0.15) is 11.4 Å². The third-order valence-electron chi connectivity index (χ3n) is 2.65. The lowest BCUT2D eigenvalue weighted by molar-refractivity contribution is -0.117. The molecule has 2 N–H and O–H groups in total. The van der Waals surface area contributed by atoms with Crippen LogP contribution in [-0.2, 0) is 17.8 Å². The molecule has 0 aromatic carbocycles. The first-order valence-electron chi connectivity index (χ1n) is 5.91. The summed E-state index contributed by atoms with van der Waals surface area (Å²) < 4.78 is 1.50. The van der Waals surface area contributed by atoms with Gasteiger partial charge in [-0.3, -0.25) is 4.79 Å². The fourth-order valence-corrected chi connectivity index (χ4v) is 1.64. The van der Waals surface area contributed by atoms with Crippen molar-refractivity contribution in [2.75, 3.05) is 11.9 Å². The van der Waals surface area contributed by atoms with E-state index in [1.54, 1.807) is 24.4 Å². The summed E-state index contributed by atoms with van der Waals surface area (Å²) in [6.45, 7) is 1.90. The summed E-state index contributed by atoms with van der Waals surface area (Å²) in [6.07, 6.45) is 2.05. The maximum absolute atomic E-state index is 11.8. The van der Waals surface area contributed by atoms with Crippen LogP contribution < -0.4 is 5.32 Å². The van der Waals surface area contributed by atoms with Crippen LogP contribution in [0, 0.1) is 6.92 Å². The van der Waals surface area contributed by atoms with Gasteiger partial charge in [-0.15, -0.1) is 5.10 Å². The van der Waals surface area contributed by atoms with Crippen molar-refractivity contribution in [3.05, 3.63) is 35.8 Å². The van der Waals surface area contributed by atoms with Crippen molar-refractivity contribution in [1.82, 2.24) is 20.0 Å². The second kappa shape index (κ2) is 6.05. The Kier molecular flexibility index (Phi) is 4.19. The van der Waals surface area contributed by atoms with Gasteiger partial charge in [0.05, 0.1) is 11.4 Å². The molecule has 2 heterocycles. The van der Waals surface area contributed by atoms with Crippen LogP contribution in [0.15, 0.2) is 24.4 Å². The molecule has 0 spiro atoms. The highest BCUT2D eigenvalue weighted by atomic mass is 16.3. The molecule has 2 aromatic rings. The molecule has 0 aliphatic heterocycles. The summed E-state index contributed by atoms with van der Waals surface area (Å²) in [5.74, 6) is 0.281. The maximum Gasteiger partial charge on any atom is 0.247 e. The van der Waals surface area contributed by atoms with Crippen LogP contribution in [0.5, 0.6) is 0 Å². The summed E-state index contributed by atoms with van der Waals surface area (Å²) in [7, 11) is 0. The molecule has 2 rings (SSSR count). The smallest absolute Gasteiger partial charge is 0.247 e. The predicted octanol–water partition coefficient (Wildman–Crippen LogP) is 0.155. The molecule has 0 unspecified atom stereocenters. The Hall–Kier alpha value is -2.28. The lowest BCUT2D eigenvalue weighted by atomic mass is 10.3. The summed E-state index contributed by atoms with van der Waals surface area (Å²) in [5, 5.41) is 19.3. The Bertz CT molecular complexity index is 553. The molecule has 100 valence electrons. The third kappa shape index (κ3) is 3.35. The number of aromatic nitrogens is 4. The molecule has 7 heteroatoms. The van der Waals surface area contributed by atoms with Crippen molar-refractivity contribution < 1.29 is 9.90 Å². The predicted molar refractivity (Wildman–Crippen MR) is 68.4 cm³/mol. The molecule has 19 heavy (non-hydrogen) atoms. The average molecular weight is 261 g/mol. The van der Waals surface area contributed by atoms with Gasteiger partial charge in [-0.05, 0) is 19.1 Å². The number of rotatable bonds is 5. The summed E-state index contributed by atoms with van der Waals surface area (Å²) in [5.41, 5.74) is 1.48. The third-order valence-corrected chi connectivity index (χ3v) is 2.65. The van der Waals surface area contributed by atoms with E-state index in [0.717, 1.165) is 5.69 Å². The van der Waals surface area contributed by atoms with Crippen molar-refractivity contribution in [3.8, 4) is 0 Å². The second-order valence-corrected chi connectivity index (χ2v) is 4.02. The van der Waals surface area contributed by atoms with Crippen LogP contribution in [0.3, 0.4) is 0 Å². The standard InChI is InChI=1S/C12H15N5O2/c1-9-10(5-7-18)15-16-17(9)8-12(19)14-11-4-2-3-6-13-11/h2-4,6,18H,5,7-8H2,1H3,(H,13,14,19). The minimum Gasteiger partial charge on any atom is -0.396 e. The van der Waals surface area contributed by atoms with E-state index in [0.29, 0.717) is 17.9 Å². The van der Waals surface area contributed by atoms with E-state index in [9.17, 15) is 4.79 Å². The molecular weight excluding hydrogens is 246 g/mol. The van der Waals surface area contributed by atoms with Crippen molar-refractivity contribution in [3.63, 3.8) is 0 Å². The first-order valence-corrected chi connectivity index (χ1v) is 5.91. The minimum absolute atomic E-state index is 0.0136. The fraction of sp³-hybridized carbons (Fsp3) is 0.333. The molecule has 2 aromatic heterocycles. The van der Waals surface area contributed by atoms with Gasteiger partial charge in [0.15, 0.2) is 0 Å². The Morgan fingerprint density at radius 3 is 3.00 bits per heavy atom. The highest BCUT2D eigenvalue weighted by molar-refractivity contribution is 5.89. The van der Waals surface area contributed by atoms with Crippen molar-refractivity contribution >= 4 is 11.7 Å². The Balaban J connectivity index is 1.99. The van der Waals surface area contributed by atoms with Crippen molar-refractivity contribution in [2.45, 2.75) is 19.9 Å². The van der Waals surface area contributed by atoms with Gasteiger partial charge in [-0.25, -0.2) is 9.67 Å². The van der Waals surface area contributed by atoms with Gasteiger partial charge in [0.1, 0.15) is 12.4 Å². The van der Waals surface area contributed by atoms with Gasteiger partial charge < -0.3 is 10.4 Å². The monoisotopic (exact) mass is 261 g/mol. The van der Waals surface area contributed by atoms with Gasteiger partial charge in [0.25, 0.3) is 0 Å². The van der Waals surface area contributed by atoms with Crippen LogP contribution in [0.4, 0.5) is 5.82 Å². The topological polar surface area (TPSA) is 92.9 Å². The number of nitrogens with one attached hydrogen (secondary N) is 1. The summed E-state index contributed by atoms with van der Waals surface area (Å²) in [6, 6.07) is 5.28. The van der Waals surface area contributed by atoms with Crippen molar-refractivity contribution in [1.29, 1.82) is 0 Å². The molecule has 0 saturated heterocycles. The summed E-state index contributed by atoms with van der Waals surface area (Å²) >= 11 is 0. The van der Waals surface area contributed by atoms with E-state index in [1.165, 1.54) is 4.68 Å². The zero-order valence-corrected chi connectivity index (χ0v) is 10.6. The maximum atomic E-state index is 11.8. The first-order chi connectivity index (χ1) is 9.20. The quantitative estimate of drug-likeness (QED) is 0.799. The molecule has 0 aliphatic carbocycles. The number of anilines is 1. The van der Waals surface area contributed by atoms with Crippen molar-refractivity contribution in [2.24, 2.45) is 0 Å². The fourth-order valence-electron chi connectivity index (χ4n) is 1.64. The van der Waals surface area contributed by atoms with E-state index >= 15 is 0 Å². The number of hydrogen-bond donors (Lipinski definition) is 2. The molecule has 0 radical (unpaired) electrons. The Morgan fingerprint density at radius 2 is 2.32 bits per heavy atom. The molecule has 7 nitrogen and oxygen atoms in total. The normalized spacial score (nSPS) is 10.4. The SMILES string of the molecule is Cc1c(CCO)nnn1CC(=O)Nc1ccccn1. The van der Waals surface area contributed by atoms with Crippen LogP contribution in [0.2, 0.25) is 0 Å². The number of carbonyl (C=O) groups is 1. The zero-order valence-electron chi connectivity index (χ0n) is 10.6. The van der Waals surface area contributed by atoms with Gasteiger partial charge in [-0.2, -0.15) is 0 Å². The summed E-state index contributed by atoms with van der Waals surface area (Å²) in [4.78, 5) is 15.8. The number of aliphatic hydroxyl groups is 1. The Labute approximate surface area is 110 Å². The number of amides is 1.